The van der Waals surface area contributed by atoms with Crippen LogP contribution in [0.3, 0.4) is 0 Å². The fourth-order valence-corrected chi connectivity index (χ4v) is 1.40. The Kier molecular flexibility index (Phi) is 5.04. The highest BCUT2D eigenvalue weighted by Crippen LogP contribution is 2.13. The minimum atomic E-state index is -0.228. The molecule has 0 aliphatic carbocycles. The van der Waals surface area contributed by atoms with Crippen LogP contribution in [0.1, 0.15) is 12.5 Å². The van der Waals surface area contributed by atoms with Crippen LogP contribution in [0.2, 0.25) is 0 Å². The van der Waals surface area contributed by atoms with Crippen molar-refractivity contribution in [2.24, 2.45) is 0 Å². The molecule has 4 heteroatoms. The van der Waals surface area contributed by atoms with Crippen LogP contribution in [0.25, 0.3) is 0 Å². The van der Waals surface area contributed by atoms with Crippen LogP contribution in [0.4, 0.5) is 4.79 Å². The van der Waals surface area contributed by atoms with E-state index in [0.29, 0.717) is 6.61 Å². The van der Waals surface area contributed by atoms with Crippen molar-refractivity contribution < 1.29 is 14.3 Å². The largest absolute Gasteiger partial charge is 0.497 e. The standard InChI is InChI=1S/C11H14O3S/c1-3-15-11(12)14-8-9-4-6-10(13-2)7-5-9/h4-7H,3,8H2,1-2H3. The lowest BCUT2D eigenvalue weighted by Crippen LogP contribution is -1.98. The molecular weight excluding hydrogens is 212 g/mol. The lowest BCUT2D eigenvalue weighted by atomic mass is 10.2. The van der Waals surface area contributed by atoms with Crippen molar-refractivity contribution in [3.63, 3.8) is 0 Å². The normalized spacial score (nSPS) is 9.73. The molecule has 0 saturated carbocycles. The Balaban J connectivity index is 2.40. The number of carbonyl (C=O) groups is 1. The lowest BCUT2D eigenvalue weighted by Gasteiger charge is -2.04. The van der Waals surface area contributed by atoms with Gasteiger partial charge in [-0.3, -0.25) is 0 Å². The van der Waals surface area contributed by atoms with Crippen LogP contribution in [0.5, 0.6) is 5.75 Å². The Morgan fingerprint density at radius 1 is 1.33 bits per heavy atom. The van der Waals surface area contributed by atoms with E-state index in [4.69, 9.17) is 9.47 Å². The first-order chi connectivity index (χ1) is 7.26. The zero-order chi connectivity index (χ0) is 11.1. The topological polar surface area (TPSA) is 35.5 Å². The first-order valence-electron chi connectivity index (χ1n) is 4.68. The molecular formula is C11H14O3S. The van der Waals surface area contributed by atoms with Crippen molar-refractivity contribution in [2.45, 2.75) is 13.5 Å². The van der Waals surface area contributed by atoms with Gasteiger partial charge in [0, 0.05) is 5.75 Å². The summed E-state index contributed by atoms with van der Waals surface area (Å²) in [5.74, 6) is 1.54. The van der Waals surface area contributed by atoms with Crippen molar-refractivity contribution in [3.8, 4) is 5.75 Å². The van der Waals surface area contributed by atoms with Crippen molar-refractivity contribution in [1.29, 1.82) is 0 Å². The van der Waals surface area contributed by atoms with Crippen molar-refractivity contribution in [3.05, 3.63) is 29.8 Å². The van der Waals surface area contributed by atoms with Gasteiger partial charge in [-0.25, -0.2) is 4.79 Å². The number of hydrogen-bond donors (Lipinski definition) is 0. The summed E-state index contributed by atoms with van der Waals surface area (Å²) in [5, 5.41) is -0.228. The number of carbonyl (C=O) groups excluding carboxylic acids is 1. The van der Waals surface area contributed by atoms with Gasteiger partial charge in [0.2, 0.25) is 0 Å². The first kappa shape index (κ1) is 11.9. The molecule has 15 heavy (non-hydrogen) atoms. The maximum absolute atomic E-state index is 11.1. The predicted octanol–water partition coefficient (Wildman–Crippen LogP) is 3.08. The number of ether oxygens (including phenoxy) is 2. The summed E-state index contributed by atoms with van der Waals surface area (Å²) in [5.41, 5.74) is 0.959. The van der Waals surface area contributed by atoms with Gasteiger partial charge >= 0.3 is 5.30 Å². The number of benzene rings is 1. The second-order valence-corrected chi connectivity index (χ2v) is 4.02. The molecule has 0 radical (unpaired) electrons. The second kappa shape index (κ2) is 6.35. The fourth-order valence-electron chi connectivity index (χ4n) is 1.02. The van der Waals surface area contributed by atoms with E-state index in [1.165, 1.54) is 11.8 Å². The SMILES string of the molecule is CCSC(=O)OCc1ccc(OC)cc1. The van der Waals surface area contributed by atoms with Crippen molar-refractivity contribution >= 4 is 17.1 Å². The average Bonchev–Trinajstić information content (AvgIpc) is 2.27. The molecule has 0 aromatic heterocycles. The van der Waals surface area contributed by atoms with Crippen molar-refractivity contribution in [2.75, 3.05) is 12.9 Å². The molecule has 0 heterocycles. The molecule has 0 aliphatic rings. The van der Waals surface area contributed by atoms with Gasteiger partial charge in [-0.1, -0.05) is 19.1 Å². The second-order valence-electron chi connectivity index (χ2n) is 2.82. The van der Waals surface area contributed by atoms with Crippen LogP contribution in [0, 0.1) is 0 Å². The average molecular weight is 226 g/mol. The molecule has 0 saturated heterocycles. The third-order valence-corrected chi connectivity index (χ3v) is 2.42. The summed E-state index contributed by atoms with van der Waals surface area (Å²) < 4.78 is 10.0. The Labute approximate surface area is 93.8 Å². The monoisotopic (exact) mass is 226 g/mol. The highest BCUT2D eigenvalue weighted by molar-refractivity contribution is 8.13. The molecule has 82 valence electrons. The van der Waals surface area contributed by atoms with Crippen LogP contribution in [-0.2, 0) is 11.3 Å². The van der Waals surface area contributed by atoms with E-state index in [0.717, 1.165) is 17.1 Å². The Morgan fingerprint density at radius 2 is 2.00 bits per heavy atom. The Hall–Kier alpha value is -1.16. The molecule has 0 aliphatic heterocycles. The number of rotatable bonds is 4. The Morgan fingerprint density at radius 3 is 2.53 bits per heavy atom. The van der Waals surface area contributed by atoms with Crippen LogP contribution >= 0.6 is 11.8 Å². The molecule has 0 amide bonds. The number of hydrogen-bond acceptors (Lipinski definition) is 4. The minimum Gasteiger partial charge on any atom is -0.497 e. The van der Waals surface area contributed by atoms with Gasteiger partial charge in [-0.15, -0.1) is 0 Å². The van der Waals surface area contributed by atoms with E-state index in [9.17, 15) is 4.79 Å². The Bertz CT molecular complexity index is 308. The zero-order valence-electron chi connectivity index (χ0n) is 8.86. The minimum absolute atomic E-state index is 0.228. The third kappa shape index (κ3) is 4.25. The van der Waals surface area contributed by atoms with E-state index in [1.807, 2.05) is 31.2 Å². The van der Waals surface area contributed by atoms with Crippen LogP contribution in [-0.4, -0.2) is 18.2 Å². The zero-order valence-corrected chi connectivity index (χ0v) is 9.67. The molecule has 1 aromatic rings. The highest BCUT2D eigenvalue weighted by atomic mass is 32.2. The van der Waals surface area contributed by atoms with E-state index >= 15 is 0 Å². The first-order valence-corrected chi connectivity index (χ1v) is 5.67. The van der Waals surface area contributed by atoms with Gasteiger partial charge in [-0.05, 0) is 29.5 Å². The van der Waals surface area contributed by atoms with E-state index in [-0.39, 0.29) is 5.30 Å². The molecule has 3 nitrogen and oxygen atoms in total. The summed E-state index contributed by atoms with van der Waals surface area (Å²) in [6, 6.07) is 7.44. The lowest BCUT2D eigenvalue weighted by molar-refractivity contribution is 0.168. The molecule has 0 unspecified atom stereocenters. The summed E-state index contributed by atoms with van der Waals surface area (Å²) >= 11 is 1.17. The van der Waals surface area contributed by atoms with Gasteiger partial charge in [-0.2, -0.15) is 0 Å². The molecule has 0 N–H and O–H groups in total. The van der Waals surface area contributed by atoms with Gasteiger partial charge in [0.25, 0.3) is 0 Å². The van der Waals surface area contributed by atoms with Crippen LogP contribution < -0.4 is 4.74 Å². The highest BCUT2D eigenvalue weighted by Gasteiger charge is 2.02. The summed E-state index contributed by atoms with van der Waals surface area (Å²) in [6.45, 7) is 2.23. The molecule has 0 atom stereocenters. The van der Waals surface area contributed by atoms with E-state index < -0.39 is 0 Å². The maximum atomic E-state index is 11.1. The summed E-state index contributed by atoms with van der Waals surface area (Å²) in [7, 11) is 1.62. The third-order valence-electron chi connectivity index (χ3n) is 1.78. The molecule has 0 spiro atoms. The number of methoxy groups -OCH3 is 1. The summed E-state index contributed by atoms with van der Waals surface area (Å²) in [4.78, 5) is 11.1. The van der Waals surface area contributed by atoms with Gasteiger partial charge < -0.3 is 9.47 Å². The molecule has 0 fully saturated rings. The quantitative estimate of drug-likeness (QED) is 0.739. The number of thioether (sulfide) groups is 1. The van der Waals surface area contributed by atoms with Gasteiger partial charge in [0.05, 0.1) is 7.11 Å². The van der Waals surface area contributed by atoms with Gasteiger partial charge in [0.1, 0.15) is 12.4 Å². The fraction of sp³-hybridized carbons (Fsp3) is 0.364. The predicted molar refractivity (Wildman–Crippen MR) is 61.3 cm³/mol. The molecule has 1 aromatic carbocycles. The molecule has 1 rings (SSSR count). The summed E-state index contributed by atoms with van der Waals surface area (Å²) in [6.07, 6.45) is 0. The molecule has 0 bridgehead atoms. The maximum Gasteiger partial charge on any atom is 0.367 e. The van der Waals surface area contributed by atoms with E-state index in [1.54, 1.807) is 7.11 Å². The van der Waals surface area contributed by atoms with E-state index in [2.05, 4.69) is 0 Å². The van der Waals surface area contributed by atoms with Crippen molar-refractivity contribution in [1.82, 2.24) is 0 Å². The van der Waals surface area contributed by atoms with Gasteiger partial charge in [0.15, 0.2) is 0 Å². The van der Waals surface area contributed by atoms with Crippen LogP contribution in [0.15, 0.2) is 24.3 Å². The smallest absolute Gasteiger partial charge is 0.367 e.